The van der Waals surface area contributed by atoms with Crippen LogP contribution in [0.5, 0.6) is 0 Å². The first kappa shape index (κ1) is 28.5. The van der Waals surface area contributed by atoms with Crippen LogP contribution in [-0.4, -0.2) is 97.4 Å². The Morgan fingerprint density at radius 3 is 2.11 bits per heavy atom. The number of hydrogen-bond donors (Lipinski definition) is 2. The van der Waals surface area contributed by atoms with Gasteiger partial charge in [0.05, 0.1) is 14.2 Å². The monoisotopic (exact) mass is 524 g/mol. The molecule has 0 saturated carbocycles. The van der Waals surface area contributed by atoms with Gasteiger partial charge in [0, 0.05) is 24.5 Å². The van der Waals surface area contributed by atoms with Gasteiger partial charge in [-0.15, -0.1) is 0 Å². The fourth-order valence-electron chi connectivity index (χ4n) is 3.48. The number of ether oxygens (including phenoxy) is 2. The van der Waals surface area contributed by atoms with Crippen LogP contribution in [0.3, 0.4) is 0 Å². The van der Waals surface area contributed by atoms with E-state index in [1.54, 1.807) is 5.01 Å². The lowest BCUT2D eigenvalue weighted by atomic mass is 10.1. The maximum atomic E-state index is 13.2. The third-order valence-corrected chi connectivity index (χ3v) is 6.63. The molecule has 1 heterocycles. The number of esters is 2. The van der Waals surface area contributed by atoms with Crippen molar-refractivity contribution in [1.29, 1.82) is 0 Å². The topological polar surface area (TPSA) is 126 Å². The van der Waals surface area contributed by atoms with Crippen molar-refractivity contribution in [1.82, 2.24) is 15.6 Å². The predicted octanol–water partition coefficient (Wildman–Crippen LogP) is 0.701. The standard InChI is InChI=1S/C23H32N4O6S2/c1-32-22(30)17(13-34-3)24-20(28)16-12-19(21(29)25-18(14-35-4)23(31)33-2)27(26-16)11-10-15-8-6-5-7-9-15/h5-9,17-19H,10-14H2,1-4H3,(H,24,28)(H,25,29). The summed E-state index contributed by atoms with van der Waals surface area (Å²) in [4.78, 5) is 50.2. The number of carbonyl (C=O) groups is 4. The van der Waals surface area contributed by atoms with Crippen LogP contribution in [0.4, 0.5) is 0 Å². The zero-order chi connectivity index (χ0) is 25.8. The van der Waals surface area contributed by atoms with E-state index in [4.69, 9.17) is 9.47 Å². The van der Waals surface area contributed by atoms with Crippen LogP contribution in [-0.2, 0) is 35.1 Å². The van der Waals surface area contributed by atoms with E-state index >= 15 is 0 Å². The first-order chi connectivity index (χ1) is 16.8. The highest BCUT2D eigenvalue weighted by molar-refractivity contribution is 7.98. The number of amides is 2. The van der Waals surface area contributed by atoms with Gasteiger partial charge < -0.3 is 20.1 Å². The van der Waals surface area contributed by atoms with Gasteiger partial charge in [-0.2, -0.15) is 28.6 Å². The second-order valence-corrected chi connectivity index (χ2v) is 9.53. The molecule has 12 heteroatoms. The maximum Gasteiger partial charge on any atom is 0.329 e. The molecule has 35 heavy (non-hydrogen) atoms. The third-order valence-electron chi connectivity index (χ3n) is 5.29. The van der Waals surface area contributed by atoms with E-state index in [2.05, 4.69) is 15.7 Å². The Morgan fingerprint density at radius 2 is 1.57 bits per heavy atom. The molecule has 0 saturated heterocycles. The summed E-state index contributed by atoms with van der Waals surface area (Å²) in [7, 11) is 2.52. The molecular formula is C23H32N4O6S2. The van der Waals surface area contributed by atoms with E-state index in [1.165, 1.54) is 37.7 Å². The second kappa shape index (κ2) is 14.6. The molecule has 0 aliphatic carbocycles. The molecule has 1 aromatic carbocycles. The van der Waals surface area contributed by atoms with Crippen LogP contribution < -0.4 is 10.6 Å². The predicted molar refractivity (Wildman–Crippen MR) is 137 cm³/mol. The fraction of sp³-hybridized carbons (Fsp3) is 0.522. The quantitative estimate of drug-likeness (QED) is 0.359. The van der Waals surface area contributed by atoms with Crippen molar-refractivity contribution in [3.05, 3.63) is 35.9 Å². The van der Waals surface area contributed by atoms with Gasteiger partial charge in [0.1, 0.15) is 23.8 Å². The molecule has 0 aromatic heterocycles. The van der Waals surface area contributed by atoms with Gasteiger partial charge in [0.15, 0.2) is 0 Å². The minimum Gasteiger partial charge on any atom is -0.467 e. The first-order valence-corrected chi connectivity index (χ1v) is 13.8. The molecule has 192 valence electrons. The average Bonchev–Trinajstić information content (AvgIpc) is 3.31. The highest BCUT2D eigenvalue weighted by Crippen LogP contribution is 2.18. The molecule has 0 radical (unpaired) electrons. The van der Waals surface area contributed by atoms with Gasteiger partial charge in [-0.3, -0.25) is 14.6 Å². The molecule has 0 spiro atoms. The summed E-state index contributed by atoms with van der Waals surface area (Å²) in [6.07, 6.45) is 4.27. The Balaban J connectivity index is 2.19. The number of hydrazone groups is 1. The average molecular weight is 525 g/mol. The van der Waals surface area contributed by atoms with Crippen molar-refractivity contribution in [2.45, 2.75) is 31.0 Å². The van der Waals surface area contributed by atoms with Gasteiger partial charge >= 0.3 is 11.9 Å². The van der Waals surface area contributed by atoms with E-state index in [1.807, 2.05) is 42.8 Å². The van der Waals surface area contributed by atoms with Gasteiger partial charge in [-0.05, 0) is 24.5 Å². The van der Waals surface area contributed by atoms with Crippen molar-refractivity contribution in [2.75, 3.05) is 44.8 Å². The van der Waals surface area contributed by atoms with Crippen LogP contribution in [0.2, 0.25) is 0 Å². The summed E-state index contributed by atoms with van der Waals surface area (Å²) in [5.41, 5.74) is 1.19. The van der Waals surface area contributed by atoms with E-state index in [0.717, 1.165) is 5.56 Å². The molecule has 0 bridgehead atoms. The maximum absolute atomic E-state index is 13.2. The molecule has 3 unspecified atom stereocenters. The van der Waals surface area contributed by atoms with Gasteiger partial charge in [0.25, 0.3) is 5.91 Å². The highest BCUT2D eigenvalue weighted by atomic mass is 32.2. The van der Waals surface area contributed by atoms with Gasteiger partial charge in [-0.25, -0.2) is 9.59 Å². The van der Waals surface area contributed by atoms with Crippen molar-refractivity contribution < 1.29 is 28.7 Å². The van der Waals surface area contributed by atoms with E-state index < -0.39 is 41.9 Å². The molecule has 3 atom stereocenters. The highest BCUT2D eigenvalue weighted by Gasteiger charge is 2.37. The van der Waals surface area contributed by atoms with Crippen molar-refractivity contribution in [3.8, 4) is 0 Å². The lowest BCUT2D eigenvalue weighted by molar-refractivity contribution is -0.145. The summed E-state index contributed by atoms with van der Waals surface area (Å²) in [5.74, 6) is -1.38. The Bertz CT molecular complexity index is 915. The molecule has 2 N–H and O–H groups in total. The lowest BCUT2D eigenvalue weighted by Crippen LogP contribution is -2.51. The summed E-state index contributed by atoms with van der Waals surface area (Å²) in [5, 5.41) is 11.4. The normalized spacial score (nSPS) is 16.6. The number of hydrogen-bond acceptors (Lipinski definition) is 10. The molecule has 0 fully saturated rings. The van der Waals surface area contributed by atoms with Gasteiger partial charge in [-0.1, -0.05) is 30.3 Å². The largest absolute Gasteiger partial charge is 0.467 e. The number of nitrogens with zero attached hydrogens (tertiary/aromatic N) is 2. The summed E-state index contributed by atoms with van der Waals surface area (Å²) in [6.45, 7) is 0.384. The van der Waals surface area contributed by atoms with Crippen molar-refractivity contribution >= 4 is 53.0 Å². The molecular weight excluding hydrogens is 492 g/mol. The fourth-order valence-corrected chi connectivity index (χ4v) is 4.58. The van der Waals surface area contributed by atoms with Gasteiger partial charge in [0.2, 0.25) is 5.91 Å². The number of thioether (sulfide) groups is 2. The molecule has 1 aliphatic heterocycles. The van der Waals surface area contributed by atoms with Crippen molar-refractivity contribution in [3.63, 3.8) is 0 Å². The van der Waals surface area contributed by atoms with Crippen LogP contribution in [0, 0.1) is 0 Å². The first-order valence-electron chi connectivity index (χ1n) is 11.0. The SMILES string of the molecule is COC(=O)C(CSC)NC(=O)C1=NN(CCc2ccccc2)C(C(=O)NC(CSC)C(=O)OC)C1. The molecule has 2 rings (SSSR count). The Hall–Kier alpha value is -2.73. The zero-order valence-electron chi connectivity index (χ0n) is 20.3. The molecule has 10 nitrogen and oxygen atoms in total. The number of carbonyl (C=O) groups excluding carboxylic acids is 4. The summed E-state index contributed by atoms with van der Waals surface area (Å²) >= 11 is 2.79. The zero-order valence-corrected chi connectivity index (χ0v) is 21.9. The second-order valence-electron chi connectivity index (χ2n) is 7.71. The van der Waals surface area contributed by atoms with E-state index in [0.29, 0.717) is 24.5 Å². The lowest BCUT2D eigenvalue weighted by Gasteiger charge is -2.25. The van der Waals surface area contributed by atoms with Crippen LogP contribution in [0.25, 0.3) is 0 Å². The number of rotatable bonds is 13. The van der Waals surface area contributed by atoms with E-state index in [-0.39, 0.29) is 12.1 Å². The number of nitrogens with one attached hydrogen (secondary N) is 2. The number of benzene rings is 1. The molecule has 1 aliphatic rings. The van der Waals surface area contributed by atoms with Crippen LogP contribution >= 0.6 is 23.5 Å². The summed E-state index contributed by atoms with van der Waals surface area (Å²) < 4.78 is 9.57. The van der Waals surface area contributed by atoms with Crippen molar-refractivity contribution in [2.24, 2.45) is 5.10 Å². The Labute approximate surface area is 213 Å². The van der Waals surface area contributed by atoms with Crippen LogP contribution in [0.15, 0.2) is 35.4 Å². The molecule has 2 amide bonds. The molecule has 1 aromatic rings. The summed E-state index contributed by atoms with van der Waals surface area (Å²) in [6, 6.07) is 7.27. The smallest absolute Gasteiger partial charge is 0.329 e. The minimum atomic E-state index is -0.832. The number of methoxy groups -OCH3 is 2. The van der Waals surface area contributed by atoms with E-state index in [9.17, 15) is 19.2 Å². The Morgan fingerprint density at radius 1 is 1.00 bits per heavy atom. The Kier molecular flexibility index (Phi) is 11.9. The minimum absolute atomic E-state index is 0.0345. The van der Waals surface area contributed by atoms with Crippen LogP contribution in [0.1, 0.15) is 12.0 Å². The third kappa shape index (κ3) is 8.46.